The van der Waals surface area contributed by atoms with Gasteiger partial charge in [0.15, 0.2) is 13.2 Å². The van der Waals surface area contributed by atoms with Crippen molar-refractivity contribution in [3.8, 4) is 11.5 Å². The van der Waals surface area contributed by atoms with Crippen LogP contribution in [-0.4, -0.2) is 55.1 Å². The summed E-state index contributed by atoms with van der Waals surface area (Å²) < 4.78 is 15.9. The van der Waals surface area contributed by atoms with Gasteiger partial charge in [0.25, 0.3) is 11.8 Å². The van der Waals surface area contributed by atoms with E-state index in [1.807, 2.05) is 4.90 Å². The number of nitrogens with zero attached hydrogens (tertiary/aromatic N) is 1. The molecule has 3 rings (SSSR count). The van der Waals surface area contributed by atoms with Crippen LogP contribution in [0.25, 0.3) is 0 Å². The van der Waals surface area contributed by atoms with Crippen molar-refractivity contribution in [3.63, 3.8) is 0 Å². The second kappa shape index (κ2) is 11.4. The average molecular weight is 455 g/mol. The number of methoxy groups -OCH3 is 1. The predicted molar refractivity (Wildman–Crippen MR) is 123 cm³/mol. The summed E-state index contributed by atoms with van der Waals surface area (Å²) in [5.41, 5.74) is 0.766. The first-order valence-corrected chi connectivity index (χ1v) is 11.0. The molecule has 0 unspecified atom stereocenters. The number of hydrogen-bond donors (Lipinski definition) is 1. The number of rotatable bonds is 8. The Hall–Kier alpha value is -3.55. The van der Waals surface area contributed by atoms with Crippen molar-refractivity contribution in [2.75, 3.05) is 25.6 Å². The monoisotopic (exact) mass is 454 g/mol. The molecule has 8 nitrogen and oxygen atoms in total. The molecule has 33 heavy (non-hydrogen) atoms. The molecule has 8 heteroatoms. The molecular weight excluding hydrogens is 424 g/mol. The third-order valence-electron chi connectivity index (χ3n) is 5.65. The number of hydrogen-bond acceptors (Lipinski definition) is 6. The van der Waals surface area contributed by atoms with Gasteiger partial charge in [-0.2, -0.15) is 0 Å². The lowest BCUT2D eigenvalue weighted by Crippen LogP contribution is -2.49. The molecule has 2 aromatic carbocycles. The van der Waals surface area contributed by atoms with Crippen molar-refractivity contribution < 1.29 is 28.6 Å². The summed E-state index contributed by atoms with van der Waals surface area (Å²) in [5.74, 6) is -0.169. The maximum atomic E-state index is 12.6. The van der Waals surface area contributed by atoms with Gasteiger partial charge < -0.3 is 24.4 Å². The quantitative estimate of drug-likeness (QED) is 0.612. The van der Waals surface area contributed by atoms with Crippen LogP contribution >= 0.6 is 0 Å². The molecule has 0 bridgehead atoms. The van der Waals surface area contributed by atoms with Gasteiger partial charge in [0.2, 0.25) is 0 Å². The topological polar surface area (TPSA) is 94.2 Å². The van der Waals surface area contributed by atoms with Crippen LogP contribution < -0.4 is 14.8 Å². The number of amides is 2. The molecule has 0 radical (unpaired) electrons. The minimum atomic E-state index is -0.635. The molecule has 0 spiro atoms. The maximum absolute atomic E-state index is 12.6. The minimum Gasteiger partial charge on any atom is -0.495 e. The van der Waals surface area contributed by atoms with Crippen LogP contribution in [0.15, 0.2) is 48.5 Å². The molecule has 1 fully saturated rings. The van der Waals surface area contributed by atoms with Crippen molar-refractivity contribution in [2.45, 2.75) is 45.2 Å². The fourth-order valence-electron chi connectivity index (χ4n) is 3.97. The Kier molecular flexibility index (Phi) is 8.29. The van der Waals surface area contributed by atoms with E-state index in [1.165, 1.54) is 19.2 Å². The number of esters is 1. The highest BCUT2D eigenvalue weighted by molar-refractivity contribution is 5.96. The number of carbonyl (C=O) groups excluding carboxylic acids is 3. The number of nitrogens with one attached hydrogen (secondary N) is 1. The van der Waals surface area contributed by atoms with E-state index in [9.17, 15) is 14.4 Å². The lowest BCUT2D eigenvalue weighted by atomic mass is 9.97. The van der Waals surface area contributed by atoms with E-state index < -0.39 is 18.5 Å². The third-order valence-corrected chi connectivity index (χ3v) is 5.65. The number of piperidine rings is 1. The van der Waals surface area contributed by atoms with E-state index in [4.69, 9.17) is 14.2 Å². The molecule has 2 aromatic rings. The van der Waals surface area contributed by atoms with Crippen LogP contribution in [0, 0.1) is 0 Å². The predicted octanol–water partition coefficient (Wildman–Crippen LogP) is 3.66. The summed E-state index contributed by atoms with van der Waals surface area (Å²) >= 11 is 0. The Morgan fingerprint density at radius 3 is 2.30 bits per heavy atom. The Bertz CT molecular complexity index is 965. The molecule has 0 aromatic heterocycles. The van der Waals surface area contributed by atoms with E-state index in [2.05, 4.69) is 19.2 Å². The van der Waals surface area contributed by atoms with Gasteiger partial charge in [-0.25, -0.2) is 4.79 Å². The molecule has 1 N–H and O–H groups in total. The van der Waals surface area contributed by atoms with Crippen LogP contribution in [0.3, 0.4) is 0 Å². The van der Waals surface area contributed by atoms with Crippen molar-refractivity contribution >= 4 is 23.5 Å². The van der Waals surface area contributed by atoms with Crippen LogP contribution in [0.5, 0.6) is 11.5 Å². The van der Waals surface area contributed by atoms with Gasteiger partial charge in [0.05, 0.1) is 18.4 Å². The van der Waals surface area contributed by atoms with Crippen LogP contribution in [0.2, 0.25) is 0 Å². The zero-order chi connectivity index (χ0) is 23.8. The molecule has 2 amide bonds. The van der Waals surface area contributed by atoms with E-state index in [1.54, 1.807) is 36.4 Å². The highest BCUT2D eigenvalue weighted by Gasteiger charge is 2.29. The van der Waals surface area contributed by atoms with Gasteiger partial charge in [-0.15, -0.1) is 0 Å². The Balaban J connectivity index is 1.46. The summed E-state index contributed by atoms with van der Waals surface area (Å²) in [6, 6.07) is 13.6. The molecular formula is C25H30N2O6. The zero-order valence-corrected chi connectivity index (χ0v) is 19.2. The Morgan fingerprint density at radius 2 is 1.64 bits per heavy atom. The number of carbonyl (C=O) groups is 3. The summed E-state index contributed by atoms with van der Waals surface area (Å²) in [5, 5.41) is 2.64. The fraction of sp³-hybridized carbons (Fsp3) is 0.400. The zero-order valence-electron chi connectivity index (χ0n) is 19.2. The molecule has 0 aliphatic carbocycles. The molecule has 1 aliphatic heterocycles. The summed E-state index contributed by atoms with van der Waals surface area (Å²) in [6.45, 7) is 3.63. The van der Waals surface area contributed by atoms with Gasteiger partial charge in [0, 0.05) is 12.1 Å². The van der Waals surface area contributed by atoms with Crippen molar-refractivity contribution in [3.05, 3.63) is 54.1 Å². The SMILES string of the molecule is COc1ccccc1NC(=O)COC(=O)c1ccc(OCC(=O)N2[C@H](C)CCC[C@H]2C)cc1. The van der Waals surface area contributed by atoms with Gasteiger partial charge in [0.1, 0.15) is 11.5 Å². The smallest absolute Gasteiger partial charge is 0.338 e. The number of likely N-dealkylation sites (tertiary alicyclic amines) is 1. The largest absolute Gasteiger partial charge is 0.495 e. The Morgan fingerprint density at radius 1 is 0.970 bits per heavy atom. The lowest BCUT2D eigenvalue weighted by molar-refractivity contribution is -0.139. The molecule has 1 aliphatic rings. The van der Waals surface area contributed by atoms with Gasteiger partial charge >= 0.3 is 5.97 Å². The highest BCUT2D eigenvalue weighted by atomic mass is 16.5. The first-order chi connectivity index (χ1) is 15.9. The third kappa shape index (κ3) is 6.47. The molecule has 1 heterocycles. The van der Waals surface area contributed by atoms with Crippen molar-refractivity contribution in [2.24, 2.45) is 0 Å². The number of anilines is 1. The standard InChI is InChI=1S/C25H30N2O6/c1-17-7-6-8-18(2)27(17)24(29)16-32-20-13-11-19(12-14-20)25(30)33-15-23(28)26-21-9-4-5-10-22(21)31-3/h4-5,9-14,17-18H,6-8,15-16H2,1-3H3,(H,26,28)/t17-,18-/m1/s1. The van der Waals surface area contributed by atoms with Crippen molar-refractivity contribution in [1.29, 1.82) is 0 Å². The normalized spacial score (nSPS) is 17.7. The number of benzene rings is 2. The fourth-order valence-corrected chi connectivity index (χ4v) is 3.97. The van der Waals surface area contributed by atoms with Gasteiger partial charge in [-0.3, -0.25) is 9.59 Å². The molecule has 1 saturated heterocycles. The van der Waals surface area contributed by atoms with E-state index >= 15 is 0 Å². The molecule has 0 saturated carbocycles. The Labute approximate surface area is 193 Å². The summed E-state index contributed by atoms with van der Waals surface area (Å²) in [6.07, 6.45) is 3.14. The second-order valence-electron chi connectivity index (χ2n) is 8.07. The van der Waals surface area contributed by atoms with E-state index in [-0.39, 0.29) is 30.2 Å². The van der Waals surface area contributed by atoms with Gasteiger partial charge in [-0.05, 0) is 69.5 Å². The second-order valence-corrected chi connectivity index (χ2v) is 8.07. The number of para-hydroxylation sites is 2. The number of ether oxygens (including phenoxy) is 3. The van der Waals surface area contributed by atoms with Crippen LogP contribution in [-0.2, 0) is 14.3 Å². The van der Waals surface area contributed by atoms with Crippen LogP contribution in [0.4, 0.5) is 5.69 Å². The summed E-state index contributed by atoms with van der Waals surface area (Å²) in [4.78, 5) is 38.8. The summed E-state index contributed by atoms with van der Waals surface area (Å²) in [7, 11) is 1.50. The lowest BCUT2D eigenvalue weighted by Gasteiger charge is -2.38. The first-order valence-electron chi connectivity index (χ1n) is 11.0. The van der Waals surface area contributed by atoms with Crippen LogP contribution in [0.1, 0.15) is 43.5 Å². The highest BCUT2D eigenvalue weighted by Crippen LogP contribution is 2.24. The van der Waals surface area contributed by atoms with Crippen molar-refractivity contribution in [1.82, 2.24) is 4.90 Å². The first kappa shape index (κ1) is 24.1. The van der Waals surface area contributed by atoms with E-state index in [0.717, 1.165) is 19.3 Å². The average Bonchev–Trinajstić information content (AvgIpc) is 2.82. The van der Waals surface area contributed by atoms with Gasteiger partial charge in [-0.1, -0.05) is 12.1 Å². The molecule has 2 atom stereocenters. The minimum absolute atomic E-state index is 0.0424. The maximum Gasteiger partial charge on any atom is 0.338 e. The molecule has 176 valence electrons. The van der Waals surface area contributed by atoms with E-state index in [0.29, 0.717) is 17.2 Å².